The number of ether oxygens (including phenoxy) is 1. The van der Waals surface area contributed by atoms with E-state index in [4.69, 9.17) is 11.6 Å². The van der Waals surface area contributed by atoms with Crippen LogP contribution < -0.4 is 0 Å². The molecule has 0 saturated heterocycles. The Balaban J connectivity index is 3.08. The van der Waals surface area contributed by atoms with Crippen LogP contribution in [0.4, 0.5) is 0 Å². The van der Waals surface area contributed by atoms with Crippen LogP contribution in [0, 0.1) is 6.92 Å². The van der Waals surface area contributed by atoms with Crippen molar-refractivity contribution in [2.75, 3.05) is 7.11 Å². The number of carbonyl (C=O) groups excluding carboxylic acids is 1. The van der Waals surface area contributed by atoms with Gasteiger partial charge in [0.15, 0.2) is 0 Å². The van der Waals surface area contributed by atoms with Gasteiger partial charge in [-0.2, -0.15) is 0 Å². The lowest BCUT2D eigenvalue weighted by atomic mass is 10.1. The number of hydrogen-bond acceptors (Lipinski definition) is 2. The van der Waals surface area contributed by atoms with Crippen LogP contribution in [0.25, 0.3) is 0 Å². The maximum Gasteiger partial charge on any atom is 0.337 e. The Morgan fingerprint density at radius 2 is 2.08 bits per heavy atom. The molecule has 0 fully saturated rings. The average molecular weight is 185 g/mol. The van der Waals surface area contributed by atoms with E-state index >= 15 is 0 Å². The van der Waals surface area contributed by atoms with Gasteiger partial charge >= 0.3 is 5.97 Å². The van der Waals surface area contributed by atoms with Crippen molar-refractivity contribution in [3.8, 4) is 0 Å². The topological polar surface area (TPSA) is 26.3 Å². The van der Waals surface area contributed by atoms with E-state index in [2.05, 4.69) is 4.74 Å². The molecule has 64 valence electrons. The van der Waals surface area contributed by atoms with Crippen molar-refractivity contribution in [3.05, 3.63) is 34.3 Å². The molecule has 1 rings (SSSR count). The molecule has 0 aromatic heterocycles. The third-order valence-electron chi connectivity index (χ3n) is 1.46. The minimum Gasteiger partial charge on any atom is -0.465 e. The van der Waals surface area contributed by atoms with Crippen molar-refractivity contribution in [2.24, 2.45) is 0 Å². The molecule has 1 aromatic rings. The van der Waals surface area contributed by atoms with Gasteiger partial charge in [0.2, 0.25) is 0 Å². The van der Waals surface area contributed by atoms with Crippen molar-refractivity contribution in [1.82, 2.24) is 0 Å². The molecule has 2 nitrogen and oxygen atoms in total. The minimum atomic E-state index is -0.361. The molecule has 3 heteroatoms. The summed E-state index contributed by atoms with van der Waals surface area (Å²) in [5, 5.41) is 0.551. The maximum atomic E-state index is 11.0. The van der Waals surface area contributed by atoms with Gasteiger partial charge in [-0.15, -0.1) is 0 Å². The van der Waals surface area contributed by atoms with Gasteiger partial charge in [-0.1, -0.05) is 11.6 Å². The van der Waals surface area contributed by atoms with E-state index in [1.165, 1.54) is 7.11 Å². The molecule has 0 atom stereocenters. The van der Waals surface area contributed by atoms with Crippen LogP contribution in [0.1, 0.15) is 15.9 Å². The first-order chi connectivity index (χ1) is 5.63. The number of benzene rings is 1. The molecule has 1 aromatic carbocycles. The quantitative estimate of drug-likeness (QED) is 0.627. The Hall–Kier alpha value is -1.02. The highest BCUT2D eigenvalue weighted by Crippen LogP contribution is 2.14. The summed E-state index contributed by atoms with van der Waals surface area (Å²) >= 11 is 5.74. The highest BCUT2D eigenvalue weighted by atomic mass is 35.5. The van der Waals surface area contributed by atoms with Gasteiger partial charge in [-0.25, -0.2) is 4.79 Å². The second-order valence-corrected chi connectivity index (χ2v) is 2.95. The van der Waals surface area contributed by atoms with E-state index in [-0.39, 0.29) is 5.97 Å². The fourth-order valence-corrected chi connectivity index (χ4v) is 1.26. The van der Waals surface area contributed by atoms with E-state index in [9.17, 15) is 4.79 Å². The number of rotatable bonds is 1. The number of esters is 1. The number of hydrogen-bond donors (Lipinski definition) is 0. The van der Waals surface area contributed by atoms with Crippen LogP contribution in [0.15, 0.2) is 18.2 Å². The summed E-state index contributed by atoms with van der Waals surface area (Å²) < 4.78 is 4.55. The van der Waals surface area contributed by atoms with Crippen LogP contribution in [0.2, 0.25) is 5.02 Å². The summed E-state index contributed by atoms with van der Waals surface area (Å²) in [6.45, 7) is 1.87. The largest absolute Gasteiger partial charge is 0.465 e. The Bertz CT molecular complexity index is 287. The molecule has 0 aliphatic rings. The van der Waals surface area contributed by atoms with Crippen molar-refractivity contribution in [1.29, 1.82) is 0 Å². The number of aryl methyl sites for hydroxylation is 1. The van der Waals surface area contributed by atoms with E-state index < -0.39 is 0 Å². The summed E-state index contributed by atoms with van der Waals surface area (Å²) in [7, 11) is 1.35. The van der Waals surface area contributed by atoms with E-state index in [0.29, 0.717) is 10.6 Å². The van der Waals surface area contributed by atoms with Gasteiger partial charge in [-0.3, -0.25) is 0 Å². The zero-order valence-corrected chi connectivity index (χ0v) is 7.68. The number of halogens is 1. The zero-order valence-electron chi connectivity index (χ0n) is 6.93. The molecule has 0 radical (unpaired) electrons. The number of methoxy groups -OCH3 is 1. The highest BCUT2D eigenvalue weighted by Gasteiger charge is 2.05. The van der Waals surface area contributed by atoms with Gasteiger partial charge in [0.05, 0.1) is 12.7 Å². The monoisotopic (exact) mass is 184 g/mol. The standard InChI is InChI=1S/C9H9ClO2/c1-6-3-7(9(11)12-2)5-8(10)4-6/h3-5H,1-2H3. The Kier molecular flexibility index (Phi) is 2.71. The second-order valence-electron chi connectivity index (χ2n) is 2.51. The highest BCUT2D eigenvalue weighted by molar-refractivity contribution is 6.31. The average Bonchev–Trinajstić information content (AvgIpc) is 2.01. The molecule has 0 saturated carbocycles. The molecule has 0 bridgehead atoms. The Morgan fingerprint density at radius 3 is 2.58 bits per heavy atom. The zero-order chi connectivity index (χ0) is 9.14. The molecule has 0 amide bonds. The van der Waals surface area contributed by atoms with E-state index in [0.717, 1.165) is 5.56 Å². The predicted molar refractivity (Wildman–Crippen MR) is 47.5 cm³/mol. The van der Waals surface area contributed by atoms with Crippen molar-refractivity contribution >= 4 is 17.6 Å². The summed E-state index contributed by atoms with van der Waals surface area (Å²) in [5.41, 5.74) is 1.44. The first kappa shape index (κ1) is 9.07. The maximum absolute atomic E-state index is 11.0. The molecule has 0 aliphatic heterocycles. The molecule has 0 aliphatic carbocycles. The molecule has 0 N–H and O–H groups in total. The van der Waals surface area contributed by atoms with Crippen molar-refractivity contribution in [3.63, 3.8) is 0 Å². The fourth-order valence-electron chi connectivity index (χ4n) is 0.972. The first-order valence-corrected chi connectivity index (χ1v) is 3.87. The lowest BCUT2D eigenvalue weighted by Gasteiger charge is -2.00. The normalized spacial score (nSPS) is 9.58. The van der Waals surface area contributed by atoms with Gasteiger partial charge in [-0.05, 0) is 30.7 Å². The Labute approximate surface area is 76.1 Å². The second kappa shape index (κ2) is 3.59. The fraction of sp³-hybridized carbons (Fsp3) is 0.222. The van der Waals surface area contributed by atoms with Gasteiger partial charge in [0.25, 0.3) is 0 Å². The van der Waals surface area contributed by atoms with E-state index in [1.54, 1.807) is 18.2 Å². The van der Waals surface area contributed by atoms with Crippen LogP contribution >= 0.6 is 11.6 Å². The van der Waals surface area contributed by atoms with Crippen LogP contribution in [0.3, 0.4) is 0 Å². The van der Waals surface area contributed by atoms with Crippen LogP contribution in [0.5, 0.6) is 0 Å². The van der Waals surface area contributed by atoms with Gasteiger partial charge in [0.1, 0.15) is 0 Å². The summed E-state index contributed by atoms with van der Waals surface area (Å²) in [6.07, 6.45) is 0. The molecular formula is C9H9ClO2. The third kappa shape index (κ3) is 1.98. The summed E-state index contributed by atoms with van der Waals surface area (Å²) in [5.74, 6) is -0.361. The first-order valence-electron chi connectivity index (χ1n) is 3.49. The third-order valence-corrected chi connectivity index (χ3v) is 1.68. The predicted octanol–water partition coefficient (Wildman–Crippen LogP) is 2.44. The lowest BCUT2D eigenvalue weighted by molar-refractivity contribution is 0.0600. The van der Waals surface area contributed by atoms with Crippen LogP contribution in [-0.2, 0) is 4.74 Å². The molecule has 0 unspecified atom stereocenters. The number of carbonyl (C=O) groups is 1. The lowest BCUT2D eigenvalue weighted by Crippen LogP contribution is -2.01. The molecule has 0 heterocycles. The van der Waals surface area contributed by atoms with Crippen LogP contribution in [-0.4, -0.2) is 13.1 Å². The molecule has 0 spiro atoms. The van der Waals surface area contributed by atoms with Gasteiger partial charge in [0, 0.05) is 5.02 Å². The van der Waals surface area contributed by atoms with Crippen molar-refractivity contribution in [2.45, 2.75) is 6.92 Å². The molecular weight excluding hydrogens is 176 g/mol. The Morgan fingerprint density at radius 1 is 1.42 bits per heavy atom. The van der Waals surface area contributed by atoms with E-state index in [1.807, 2.05) is 6.92 Å². The minimum absolute atomic E-state index is 0.361. The SMILES string of the molecule is COC(=O)c1cc(C)cc(Cl)c1. The summed E-state index contributed by atoms with van der Waals surface area (Å²) in [4.78, 5) is 11.0. The molecule has 12 heavy (non-hydrogen) atoms. The smallest absolute Gasteiger partial charge is 0.337 e. The summed E-state index contributed by atoms with van der Waals surface area (Å²) in [6, 6.07) is 5.10. The van der Waals surface area contributed by atoms with Gasteiger partial charge < -0.3 is 4.74 Å². The van der Waals surface area contributed by atoms with Crippen molar-refractivity contribution < 1.29 is 9.53 Å².